The molecule has 8 nitrogen and oxygen atoms in total. The van der Waals surface area contributed by atoms with Gasteiger partial charge in [0.15, 0.2) is 0 Å². The topological polar surface area (TPSA) is 69.1 Å². The van der Waals surface area contributed by atoms with E-state index in [1.54, 1.807) is 31.0 Å². The molecule has 1 saturated carbocycles. The highest BCUT2D eigenvalue weighted by Gasteiger charge is 2.56. The number of fused-ring (bicyclic) bond motifs is 1. The van der Waals surface area contributed by atoms with E-state index in [2.05, 4.69) is 26.8 Å². The number of alkyl halides is 3. The van der Waals surface area contributed by atoms with Gasteiger partial charge in [0, 0.05) is 39.8 Å². The highest BCUT2D eigenvalue weighted by atomic mass is 19.4. The number of ether oxygens (including phenoxy) is 3. The van der Waals surface area contributed by atoms with Gasteiger partial charge in [-0.1, -0.05) is 24.3 Å². The quantitative estimate of drug-likeness (QED) is 0.399. The number of carbonyl (C=O) groups is 1. The minimum atomic E-state index is -4.79. The molecule has 202 valence electrons. The molecule has 0 spiro atoms. The zero-order chi connectivity index (χ0) is 26.9. The fraction of sp³-hybridized carbons (Fsp3) is 0.407. The molecule has 2 atom stereocenters. The lowest BCUT2D eigenvalue weighted by Crippen LogP contribution is -2.36. The molecule has 11 heteroatoms. The van der Waals surface area contributed by atoms with E-state index in [0.717, 1.165) is 25.4 Å². The summed E-state index contributed by atoms with van der Waals surface area (Å²) in [5, 5.41) is 0. The highest BCUT2D eigenvalue weighted by molar-refractivity contribution is 5.70. The predicted octanol–water partition coefficient (Wildman–Crippen LogP) is 4.71. The predicted molar refractivity (Wildman–Crippen MR) is 132 cm³/mol. The van der Waals surface area contributed by atoms with Crippen molar-refractivity contribution in [3.63, 3.8) is 0 Å². The van der Waals surface area contributed by atoms with Crippen molar-refractivity contribution in [2.24, 2.45) is 24.8 Å². The number of piperidine rings is 1. The maximum atomic E-state index is 13.1. The minimum absolute atomic E-state index is 0.0895. The van der Waals surface area contributed by atoms with E-state index in [-0.39, 0.29) is 18.2 Å². The number of hydrogen-bond acceptors (Lipinski definition) is 6. The van der Waals surface area contributed by atoms with E-state index in [0.29, 0.717) is 29.9 Å². The standard InChI is InChI=1S/C27H29F3N4O4/c1-32-16-25(31-17-32)37-26(35)34(12-19-4-3-5-21(10-19)38-27(28,29)30)15-24-22-13-33(14-23(22)24)11-18-6-8-20(36-2)9-7-18/h3-10,16-17,22-24H,11-15H2,1-2H3. The molecule has 2 heterocycles. The van der Waals surface area contributed by atoms with E-state index in [9.17, 15) is 18.0 Å². The van der Waals surface area contributed by atoms with E-state index in [4.69, 9.17) is 9.47 Å². The van der Waals surface area contributed by atoms with Crippen LogP contribution >= 0.6 is 0 Å². The molecular formula is C27H29F3N4O4. The van der Waals surface area contributed by atoms with Crippen LogP contribution < -0.4 is 14.2 Å². The Kier molecular flexibility index (Phi) is 7.20. The molecule has 3 aromatic rings. The van der Waals surface area contributed by atoms with Crippen LogP contribution in [-0.4, -0.2) is 58.6 Å². The van der Waals surface area contributed by atoms with Crippen molar-refractivity contribution >= 4 is 6.09 Å². The summed E-state index contributed by atoms with van der Waals surface area (Å²) in [5.74, 6) is 1.87. The van der Waals surface area contributed by atoms with E-state index in [1.165, 1.54) is 35.0 Å². The largest absolute Gasteiger partial charge is 0.573 e. The average molecular weight is 531 g/mol. The minimum Gasteiger partial charge on any atom is -0.497 e. The second-order valence-electron chi connectivity index (χ2n) is 9.85. The Labute approximate surface area is 218 Å². The molecule has 2 aromatic carbocycles. The third-order valence-electron chi connectivity index (χ3n) is 7.08. The van der Waals surface area contributed by atoms with Crippen molar-refractivity contribution in [1.29, 1.82) is 0 Å². The summed E-state index contributed by atoms with van der Waals surface area (Å²) in [5.41, 5.74) is 1.72. The van der Waals surface area contributed by atoms with Crippen molar-refractivity contribution in [1.82, 2.24) is 19.4 Å². The molecule has 0 radical (unpaired) electrons. The van der Waals surface area contributed by atoms with E-state index in [1.807, 2.05) is 12.1 Å². The van der Waals surface area contributed by atoms with Crippen LogP contribution in [0.1, 0.15) is 11.1 Å². The summed E-state index contributed by atoms with van der Waals surface area (Å²) in [6.45, 7) is 3.24. The number of benzene rings is 2. The van der Waals surface area contributed by atoms with Crippen molar-refractivity contribution in [2.75, 3.05) is 26.7 Å². The molecule has 2 aliphatic rings. The summed E-state index contributed by atoms with van der Waals surface area (Å²) < 4.78 is 54.5. The monoisotopic (exact) mass is 530 g/mol. The van der Waals surface area contributed by atoms with Crippen molar-refractivity contribution in [3.05, 3.63) is 72.2 Å². The van der Waals surface area contributed by atoms with Crippen LogP contribution in [0.5, 0.6) is 17.4 Å². The van der Waals surface area contributed by atoms with Crippen LogP contribution in [-0.2, 0) is 20.1 Å². The molecule has 5 rings (SSSR count). The Bertz CT molecular complexity index is 1250. The zero-order valence-electron chi connectivity index (χ0n) is 21.1. The highest BCUT2D eigenvalue weighted by Crippen LogP contribution is 2.52. The number of halogens is 3. The van der Waals surface area contributed by atoms with Crippen LogP contribution in [0.25, 0.3) is 0 Å². The van der Waals surface area contributed by atoms with Crippen molar-refractivity contribution in [3.8, 4) is 17.4 Å². The van der Waals surface area contributed by atoms with Gasteiger partial charge >= 0.3 is 12.5 Å². The number of hydrogen-bond donors (Lipinski definition) is 0. The first kappa shape index (κ1) is 25.9. The van der Waals surface area contributed by atoms with Gasteiger partial charge in [-0.3, -0.25) is 4.90 Å². The number of amides is 1. The molecule has 0 N–H and O–H groups in total. The third-order valence-corrected chi connectivity index (χ3v) is 7.08. The lowest BCUT2D eigenvalue weighted by molar-refractivity contribution is -0.274. The molecule has 0 bridgehead atoms. The van der Waals surface area contributed by atoms with Gasteiger partial charge < -0.3 is 23.7 Å². The van der Waals surface area contributed by atoms with Crippen LogP contribution in [0.15, 0.2) is 61.1 Å². The first-order valence-corrected chi connectivity index (χ1v) is 12.3. The lowest BCUT2D eigenvalue weighted by Gasteiger charge is -2.25. The number of likely N-dealkylation sites (tertiary alicyclic amines) is 1. The Morgan fingerprint density at radius 3 is 2.45 bits per heavy atom. The summed E-state index contributed by atoms with van der Waals surface area (Å²) in [4.78, 5) is 21.1. The zero-order valence-corrected chi connectivity index (χ0v) is 21.1. The maximum Gasteiger partial charge on any atom is 0.573 e. The van der Waals surface area contributed by atoms with Gasteiger partial charge in [0.1, 0.15) is 11.5 Å². The summed E-state index contributed by atoms with van der Waals surface area (Å²) in [7, 11) is 3.41. The molecular weight excluding hydrogens is 501 g/mol. The van der Waals surface area contributed by atoms with Crippen LogP contribution in [0.2, 0.25) is 0 Å². The van der Waals surface area contributed by atoms with Gasteiger partial charge in [-0.05, 0) is 53.1 Å². The van der Waals surface area contributed by atoms with Gasteiger partial charge in [0.25, 0.3) is 0 Å². The van der Waals surface area contributed by atoms with Crippen molar-refractivity contribution in [2.45, 2.75) is 19.5 Å². The van der Waals surface area contributed by atoms with E-state index >= 15 is 0 Å². The molecule has 1 aliphatic carbocycles. The van der Waals surface area contributed by atoms with Gasteiger partial charge in [-0.25, -0.2) is 9.78 Å². The molecule has 38 heavy (non-hydrogen) atoms. The Morgan fingerprint density at radius 1 is 1.08 bits per heavy atom. The smallest absolute Gasteiger partial charge is 0.497 e. The van der Waals surface area contributed by atoms with Gasteiger partial charge in [0.2, 0.25) is 5.88 Å². The van der Waals surface area contributed by atoms with Crippen LogP contribution in [0.3, 0.4) is 0 Å². The maximum absolute atomic E-state index is 13.1. The summed E-state index contributed by atoms with van der Waals surface area (Å²) >= 11 is 0. The number of methoxy groups -OCH3 is 1. The Balaban J connectivity index is 1.22. The SMILES string of the molecule is COc1ccc(CN2CC3C(C2)C3CN(Cc2cccc(OC(F)(F)F)c2)C(=O)Oc2cn(C)cn2)cc1. The van der Waals surface area contributed by atoms with Crippen LogP contribution in [0, 0.1) is 17.8 Å². The number of carbonyl (C=O) groups excluding carboxylic acids is 1. The molecule has 1 aromatic heterocycles. The summed E-state index contributed by atoms with van der Waals surface area (Å²) in [6.07, 6.45) is -2.28. The third kappa shape index (κ3) is 6.39. The Morgan fingerprint density at radius 2 is 1.82 bits per heavy atom. The number of aryl methyl sites for hydroxylation is 1. The van der Waals surface area contributed by atoms with Crippen molar-refractivity contribution < 1.29 is 32.2 Å². The number of imidazole rings is 1. The fourth-order valence-electron chi connectivity index (χ4n) is 5.24. The lowest BCUT2D eigenvalue weighted by atomic mass is 10.1. The fourth-order valence-corrected chi connectivity index (χ4v) is 5.24. The first-order valence-electron chi connectivity index (χ1n) is 12.3. The van der Waals surface area contributed by atoms with Gasteiger partial charge in [0.05, 0.1) is 19.6 Å². The van der Waals surface area contributed by atoms with Gasteiger partial charge in [-0.2, -0.15) is 0 Å². The number of aromatic nitrogens is 2. The Hall–Kier alpha value is -3.73. The molecule has 1 saturated heterocycles. The second-order valence-corrected chi connectivity index (χ2v) is 9.85. The normalized spacial score (nSPS) is 20.6. The van der Waals surface area contributed by atoms with E-state index < -0.39 is 12.5 Å². The molecule has 2 unspecified atom stereocenters. The molecule has 1 aliphatic heterocycles. The second kappa shape index (κ2) is 10.6. The van der Waals surface area contributed by atoms with Gasteiger partial charge in [-0.15, -0.1) is 13.2 Å². The number of rotatable bonds is 9. The van der Waals surface area contributed by atoms with Crippen LogP contribution in [0.4, 0.5) is 18.0 Å². The first-order chi connectivity index (χ1) is 18.2. The molecule has 1 amide bonds. The number of nitrogens with zero attached hydrogens (tertiary/aromatic N) is 4. The molecule has 2 fully saturated rings. The summed E-state index contributed by atoms with van der Waals surface area (Å²) in [6, 6.07) is 13.7. The average Bonchev–Trinajstić information content (AvgIpc) is 3.16.